The molecule has 4 rings (SSSR count). The third-order valence-electron chi connectivity index (χ3n) is 5.60. The summed E-state index contributed by atoms with van der Waals surface area (Å²) in [4.78, 5) is 28.2. The Hall–Kier alpha value is -2.11. The van der Waals surface area contributed by atoms with Crippen molar-refractivity contribution in [3.63, 3.8) is 0 Å². The zero-order chi connectivity index (χ0) is 16.0. The number of carbonyl (C=O) groups is 1. The lowest BCUT2D eigenvalue weighted by molar-refractivity contribution is -0.130. The summed E-state index contributed by atoms with van der Waals surface area (Å²) in [6.07, 6.45) is 6.45. The van der Waals surface area contributed by atoms with E-state index >= 15 is 0 Å². The molecule has 1 saturated heterocycles. The standard InChI is InChI=1S/C17H23N5O/c1-3-15(23)22-8-11-6-13(7-12(11)9-22)21(2)17-14-4-5-18-16(14)19-10-20-17/h4-5,10-13H,3,6-9H2,1-2H3,(H,18,19,20)/t11-,12+,13?. The number of nitrogens with zero attached hydrogens (tertiary/aromatic N) is 4. The quantitative estimate of drug-likeness (QED) is 0.942. The first-order valence-electron chi connectivity index (χ1n) is 8.46. The number of hydrogen-bond donors (Lipinski definition) is 1. The van der Waals surface area contributed by atoms with Gasteiger partial charge >= 0.3 is 0 Å². The first-order valence-corrected chi connectivity index (χ1v) is 8.46. The average molecular weight is 313 g/mol. The molecule has 23 heavy (non-hydrogen) atoms. The smallest absolute Gasteiger partial charge is 0.222 e. The number of aromatic nitrogens is 3. The second-order valence-electron chi connectivity index (χ2n) is 6.85. The lowest BCUT2D eigenvalue weighted by Gasteiger charge is -2.28. The summed E-state index contributed by atoms with van der Waals surface area (Å²) in [6, 6.07) is 2.54. The number of nitrogens with one attached hydrogen (secondary N) is 1. The Labute approximate surface area is 135 Å². The van der Waals surface area contributed by atoms with Crippen LogP contribution in [0.25, 0.3) is 11.0 Å². The number of likely N-dealkylation sites (tertiary alicyclic amines) is 1. The van der Waals surface area contributed by atoms with Gasteiger partial charge in [-0.3, -0.25) is 4.79 Å². The van der Waals surface area contributed by atoms with Crippen LogP contribution in [0.15, 0.2) is 18.6 Å². The number of rotatable bonds is 3. The van der Waals surface area contributed by atoms with Crippen LogP contribution >= 0.6 is 0 Å². The van der Waals surface area contributed by atoms with Crippen LogP contribution in [0.5, 0.6) is 0 Å². The van der Waals surface area contributed by atoms with Crippen LogP contribution in [0.1, 0.15) is 26.2 Å². The fourth-order valence-electron chi connectivity index (χ4n) is 4.32. The highest BCUT2D eigenvalue weighted by Gasteiger charge is 2.43. The minimum atomic E-state index is 0.300. The highest BCUT2D eigenvalue weighted by molar-refractivity contribution is 5.87. The molecule has 1 amide bonds. The maximum Gasteiger partial charge on any atom is 0.222 e. The van der Waals surface area contributed by atoms with Crippen molar-refractivity contribution in [1.29, 1.82) is 0 Å². The van der Waals surface area contributed by atoms with Gasteiger partial charge in [0, 0.05) is 38.8 Å². The zero-order valence-corrected chi connectivity index (χ0v) is 13.7. The SMILES string of the molecule is CCC(=O)N1C[C@H]2CC(N(C)c3ncnc4[nH]ccc34)C[C@H]2C1. The normalized spacial score (nSPS) is 26.7. The number of hydrogen-bond acceptors (Lipinski definition) is 4. The van der Waals surface area contributed by atoms with Crippen molar-refractivity contribution in [2.45, 2.75) is 32.2 Å². The second kappa shape index (κ2) is 5.51. The topological polar surface area (TPSA) is 65.1 Å². The van der Waals surface area contributed by atoms with Gasteiger partial charge in [0.1, 0.15) is 17.8 Å². The maximum absolute atomic E-state index is 11.9. The number of carbonyl (C=O) groups excluding carboxylic acids is 1. The van der Waals surface area contributed by atoms with E-state index in [-0.39, 0.29) is 0 Å². The summed E-state index contributed by atoms with van der Waals surface area (Å²) in [5.41, 5.74) is 0.889. The third kappa shape index (κ3) is 2.36. The molecule has 2 fully saturated rings. The lowest BCUT2D eigenvalue weighted by Crippen LogP contribution is -2.34. The van der Waals surface area contributed by atoms with Crippen LogP contribution in [0.3, 0.4) is 0 Å². The van der Waals surface area contributed by atoms with Crippen LogP contribution in [0.2, 0.25) is 0 Å². The van der Waals surface area contributed by atoms with Gasteiger partial charge in [0.15, 0.2) is 0 Å². The van der Waals surface area contributed by atoms with E-state index in [2.05, 4.69) is 31.8 Å². The van der Waals surface area contributed by atoms with Gasteiger partial charge in [-0.2, -0.15) is 0 Å². The minimum Gasteiger partial charge on any atom is -0.356 e. The van der Waals surface area contributed by atoms with E-state index in [0.717, 1.165) is 42.8 Å². The average Bonchev–Trinajstić information content (AvgIpc) is 3.26. The van der Waals surface area contributed by atoms with E-state index in [1.807, 2.05) is 19.2 Å². The molecule has 1 saturated carbocycles. The van der Waals surface area contributed by atoms with Crippen molar-refractivity contribution < 1.29 is 4.79 Å². The first-order chi connectivity index (χ1) is 11.2. The summed E-state index contributed by atoms with van der Waals surface area (Å²) in [7, 11) is 2.13. The van der Waals surface area contributed by atoms with Crippen molar-refractivity contribution in [1.82, 2.24) is 19.9 Å². The van der Waals surface area contributed by atoms with E-state index < -0.39 is 0 Å². The van der Waals surface area contributed by atoms with Crippen molar-refractivity contribution in [2.75, 3.05) is 25.0 Å². The molecule has 0 aromatic carbocycles. The van der Waals surface area contributed by atoms with Gasteiger partial charge in [0.05, 0.1) is 5.39 Å². The predicted molar refractivity (Wildman–Crippen MR) is 89.2 cm³/mol. The number of amides is 1. The van der Waals surface area contributed by atoms with Crippen molar-refractivity contribution in [3.05, 3.63) is 18.6 Å². The molecule has 0 radical (unpaired) electrons. The second-order valence-corrected chi connectivity index (χ2v) is 6.85. The molecule has 0 bridgehead atoms. The molecule has 3 heterocycles. The van der Waals surface area contributed by atoms with E-state index in [9.17, 15) is 4.79 Å². The molecule has 2 aromatic heterocycles. The molecule has 1 N–H and O–H groups in total. The number of fused-ring (bicyclic) bond motifs is 2. The van der Waals surface area contributed by atoms with E-state index in [0.29, 0.717) is 30.2 Å². The molecule has 6 heteroatoms. The highest BCUT2D eigenvalue weighted by atomic mass is 16.2. The van der Waals surface area contributed by atoms with E-state index in [4.69, 9.17) is 0 Å². The molecule has 2 aliphatic rings. The van der Waals surface area contributed by atoms with Crippen LogP contribution in [0, 0.1) is 11.8 Å². The molecule has 3 atom stereocenters. The van der Waals surface area contributed by atoms with Gasteiger partial charge < -0.3 is 14.8 Å². The molecule has 2 aromatic rings. The van der Waals surface area contributed by atoms with Crippen LogP contribution in [-0.2, 0) is 4.79 Å². The van der Waals surface area contributed by atoms with Gasteiger partial charge in [-0.25, -0.2) is 9.97 Å². The predicted octanol–water partition coefficient (Wildman–Crippen LogP) is 2.04. The Balaban J connectivity index is 1.49. The molecule has 1 aliphatic carbocycles. The Morgan fingerprint density at radius 2 is 2.09 bits per heavy atom. The van der Waals surface area contributed by atoms with Crippen molar-refractivity contribution in [2.24, 2.45) is 11.8 Å². The van der Waals surface area contributed by atoms with Crippen LogP contribution < -0.4 is 4.90 Å². The van der Waals surface area contributed by atoms with Crippen LogP contribution in [0.4, 0.5) is 5.82 Å². The molecular formula is C17H23N5O. The summed E-state index contributed by atoms with van der Waals surface area (Å²) >= 11 is 0. The van der Waals surface area contributed by atoms with Gasteiger partial charge in [-0.1, -0.05) is 6.92 Å². The Morgan fingerprint density at radius 1 is 1.35 bits per heavy atom. The third-order valence-corrected chi connectivity index (χ3v) is 5.60. The minimum absolute atomic E-state index is 0.300. The van der Waals surface area contributed by atoms with Gasteiger partial charge in [-0.15, -0.1) is 0 Å². The molecule has 1 unspecified atom stereocenters. The summed E-state index contributed by atoms with van der Waals surface area (Å²) in [6.45, 7) is 3.82. The lowest BCUT2D eigenvalue weighted by atomic mass is 10.0. The van der Waals surface area contributed by atoms with E-state index in [1.165, 1.54) is 0 Å². The van der Waals surface area contributed by atoms with E-state index in [1.54, 1.807) is 6.33 Å². The van der Waals surface area contributed by atoms with Crippen LogP contribution in [-0.4, -0.2) is 51.9 Å². The largest absolute Gasteiger partial charge is 0.356 e. The monoisotopic (exact) mass is 313 g/mol. The molecule has 122 valence electrons. The zero-order valence-electron chi connectivity index (χ0n) is 13.7. The summed E-state index contributed by atoms with van der Waals surface area (Å²) < 4.78 is 0. The van der Waals surface area contributed by atoms with Gasteiger partial charge in [0.25, 0.3) is 0 Å². The number of anilines is 1. The number of aromatic amines is 1. The first kappa shape index (κ1) is 14.5. The maximum atomic E-state index is 11.9. The van der Waals surface area contributed by atoms with Gasteiger partial charge in [-0.05, 0) is 30.7 Å². The fraction of sp³-hybridized carbons (Fsp3) is 0.588. The number of H-pyrrole nitrogens is 1. The Kier molecular flexibility index (Phi) is 3.47. The molecule has 0 spiro atoms. The summed E-state index contributed by atoms with van der Waals surface area (Å²) in [5, 5.41) is 1.08. The van der Waals surface area contributed by atoms with Crippen molar-refractivity contribution in [3.8, 4) is 0 Å². The Bertz CT molecular complexity index is 713. The summed E-state index contributed by atoms with van der Waals surface area (Å²) in [5.74, 6) is 2.58. The highest BCUT2D eigenvalue weighted by Crippen LogP contribution is 2.41. The van der Waals surface area contributed by atoms with Gasteiger partial charge in [0.2, 0.25) is 5.91 Å². The molecule has 1 aliphatic heterocycles. The molecular weight excluding hydrogens is 290 g/mol. The molecule has 6 nitrogen and oxygen atoms in total. The fourth-order valence-corrected chi connectivity index (χ4v) is 4.32. The van der Waals surface area contributed by atoms with Crippen molar-refractivity contribution >= 4 is 22.8 Å². The Morgan fingerprint density at radius 3 is 2.78 bits per heavy atom.